The van der Waals surface area contributed by atoms with Crippen molar-refractivity contribution in [2.75, 3.05) is 31.5 Å². The van der Waals surface area contributed by atoms with E-state index in [-0.39, 0.29) is 5.91 Å². The fourth-order valence-corrected chi connectivity index (χ4v) is 2.52. The van der Waals surface area contributed by atoms with Crippen molar-refractivity contribution in [3.05, 3.63) is 28.7 Å². The van der Waals surface area contributed by atoms with E-state index in [0.717, 1.165) is 29.8 Å². The molecule has 1 heterocycles. The van der Waals surface area contributed by atoms with Crippen molar-refractivity contribution in [3.63, 3.8) is 0 Å². The third-order valence-electron chi connectivity index (χ3n) is 2.93. The molecule has 1 aliphatic rings. The van der Waals surface area contributed by atoms with Crippen LogP contribution < -0.4 is 10.6 Å². The Kier molecular flexibility index (Phi) is 4.74. The molecular formula is C13H18BrN3O. The van der Waals surface area contributed by atoms with Crippen LogP contribution in [0, 0.1) is 0 Å². The number of nitrogens with one attached hydrogen (secondary N) is 2. The zero-order valence-electron chi connectivity index (χ0n) is 10.4. The van der Waals surface area contributed by atoms with Gasteiger partial charge in [-0.25, -0.2) is 0 Å². The van der Waals surface area contributed by atoms with Gasteiger partial charge in [0.15, 0.2) is 0 Å². The third-order valence-corrected chi connectivity index (χ3v) is 3.42. The number of carbonyl (C=O) groups excluding carboxylic acids is 1. The lowest BCUT2D eigenvalue weighted by Gasteiger charge is -2.31. The van der Waals surface area contributed by atoms with Crippen LogP contribution in [-0.4, -0.2) is 43.0 Å². The first-order valence-electron chi connectivity index (χ1n) is 6.14. The molecule has 0 bridgehead atoms. The number of benzene rings is 1. The van der Waals surface area contributed by atoms with Crippen LogP contribution in [0.3, 0.4) is 0 Å². The van der Waals surface area contributed by atoms with Crippen LogP contribution in [0.25, 0.3) is 0 Å². The largest absolute Gasteiger partial charge is 0.325 e. The predicted molar refractivity (Wildman–Crippen MR) is 76.7 cm³/mol. The molecule has 1 atom stereocenters. The van der Waals surface area contributed by atoms with Crippen LogP contribution >= 0.6 is 15.9 Å². The molecule has 1 unspecified atom stereocenters. The van der Waals surface area contributed by atoms with Gasteiger partial charge in [-0.1, -0.05) is 22.0 Å². The summed E-state index contributed by atoms with van der Waals surface area (Å²) in [7, 11) is 0. The molecule has 2 N–H and O–H groups in total. The molecule has 1 aromatic rings. The molecule has 0 aliphatic carbocycles. The Balaban J connectivity index is 1.85. The summed E-state index contributed by atoms with van der Waals surface area (Å²) in [5.41, 5.74) is 0.831. The fraction of sp³-hybridized carbons (Fsp3) is 0.462. The highest BCUT2D eigenvalue weighted by molar-refractivity contribution is 9.10. The van der Waals surface area contributed by atoms with Crippen molar-refractivity contribution in [2.45, 2.75) is 13.0 Å². The summed E-state index contributed by atoms with van der Waals surface area (Å²) in [6.45, 7) is 5.39. The van der Waals surface area contributed by atoms with Gasteiger partial charge in [-0.05, 0) is 25.1 Å². The van der Waals surface area contributed by atoms with Gasteiger partial charge in [0, 0.05) is 35.8 Å². The smallest absolute Gasteiger partial charge is 0.238 e. The molecule has 4 nitrogen and oxygen atoms in total. The highest BCUT2D eigenvalue weighted by atomic mass is 79.9. The molecule has 1 aliphatic heterocycles. The number of hydrogen-bond acceptors (Lipinski definition) is 3. The fourth-order valence-electron chi connectivity index (χ4n) is 2.13. The van der Waals surface area contributed by atoms with Crippen LogP contribution in [0.15, 0.2) is 28.7 Å². The molecule has 5 heteroatoms. The Hall–Kier alpha value is -0.910. The second-order valence-electron chi connectivity index (χ2n) is 4.65. The minimum atomic E-state index is 0.0437. The molecule has 1 amide bonds. The highest BCUT2D eigenvalue weighted by Crippen LogP contribution is 2.15. The Morgan fingerprint density at radius 2 is 2.44 bits per heavy atom. The maximum absolute atomic E-state index is 11.9. The predicted octanol–water partition coefficient (Wildman–Crippen LogP) is 1.68. The van der Waals surface area contributed by atoms with E-state index >= 15 is 0 Å². The van der Waals surface area contributed by atoms with Crippen LogP contribution in [0.4, 0.5) is 5.69 Å². The van der Waals surface area contributed by atoms with E-state index in [9.17, 15) is 4.79 Å². The average molecular weight is 312 g/mol. The quantitative estimate of drug-likeness (QED) is 0.892. The third kappa shape index (κ3) is 4.08. The van der Waals surface area contributed by atoms with Crippen LogP contribution in [0.1, 0.15) is 6.92 Å². The average Bonchev–Trinajstić information content (AvgIpc) is 2.28. The van der Waals surface area contributed by atoms with Crippen molar-refractivity contribution in [1.82, 2.24) is 10.2 Å². The van der Waals surface area contributed by atoms with Crippen molar-refractivity contribution >= 4 is 27.5 Å². The minimum Gasteiger partial charge on any atom is -0.325 e. The molecule has 0 radical (unpaired) electrons. The van der Waals surface area contributed by atoms with Gasteiger partial charge >= 0.3 is 0 Å². The normalized spacial score (nSPS) is 20.7. The first-order chi connectivity index (χ1) is 8.63. The van der Waals surface area contributed by atoms with Gasteiger partial charge < -0.3 is 10.6 Å². The van der Waals surface area contributed by atoms with Gasteiger partial charge in [0.1, 0.15) is 0 Å². The Labute approximate surface area is 116 Å². The summed E-state index contributed by atoms with van der Waals surface area (Å²) in [5, 5.41) is 6.28. The molecular weight excluding hydrogens is 294 g/mol. The molecule has 1 aromatic carbocycles. The van der Waals surface area contributed by atoms with Crippen LogP contribution in [-0.2, 0) is 4.79 Å². The zero-order chi connectivity index (χ0) is 13.0. The number of hydrogen-bond donors (Lipinski definition) is 2. The lowest BCUT2D eigenvalue weighted by atomic mass is 10.2. The first-order valence-corrected chi connectivity index (χ1v) is 6.94. The molecule has 0 aromatic heterocycles. The molecule has 0 spiro atoms. The summed E-state index contributed by atoms with van der Waals surface area (Å²) in [4.78, 5) is 14.1. The van der Waals surface area contributed by atoms with E-state index in [4.69, 9.17) is 0 Å². The summed E-state index contributed by atoms with van der Waals surface area (Å²) >= 11 is 3.39. The van der Waals surface area contributed by atoms with Crippen LogP contribution in [0.5, 0.6) is 0 Å². The number of piperazine rings is 1. The van der Waals surface area contributed by atoms with Crippen molar-refractivity contribution in [3.8, 4) is 0 Å². The Morgan fingerprint density at radius 1 is 1.61 bits per heavy atom. The van der Waals surface area contributed by atoms with E-state index in [0.29, 0.717) is 12.6 Å². The maximum atomic E-state index is 11.9. The number of amides is 1. The van der Waals surface area contributed by atoms with Crippen LogP contribution in [0.2, 0.25) is 0 Å². The standard InChI is InChI=1S/C13H18BrN3O/c1-10-8-17(6-5-15-10)9-13(18)16-12-4-2-3-11(14)7-12/h2-4,7,10,15H,5-6,8-9H2,1H3,(H,16,18). The number of carbonyl (C=O) groups is 1. The summed E-state index contributed by atoms with van der Waals surface area (Å²) in [6, 6.07) is 8.10. The highest BCUT2D eigenvalue weighted by Gasteiger charge is 2.17. The van der Waals surface area contributed by atoms with E-state index in [2.05, 4.69) is 38.4 Å². The second-order valence-corrected chi connectivity index (χ2v) is 5.56. The topological polar surface area (TPSA) is 44.4 Å². The molecule has 0 saturated carbocycles. The maximum Gasteiger partial charge on any atom is 0.238 e. The Morgan fingerprint density at radius 3 is 3.17 bits per heavy atom. The molecule has 1 saturated heterocycles. The molecule has 2 rings (SSSR count). The van der Waals surface area contributed by atoms with Gasteiger partial charge in [0.25, 0.3) is 0 Å². The van der Waals surface area contributed by atoms with Gasteiger partial charge in [0.05, 0.1) is 6.54 Å². The lowest BCUT2D eigenvalue weighted by molar-refractivity contribution is -0.117. The van der Waals surface area contributed by atoms with Gasteiger partial charge in [-0.2, -0.15) is 0 Å². The van der Waals surface area contributed by atoms with Crippen molar-refractivity contribution < 1.29 is 4.79 Å². The minimum absolute atomic E-state index is 0.0437. The Bertz CT molecular complexity index is 424. The number of rotatable bonds is 3. The number of nitrogens with zero attached hydrogens (tertiary/aromatic N) is 1. The SMILES string of the molecule is CC1CN(CC(=O)Nc2cccc(Br)c2)CCN1. The van der Waals surface area contributed by atoms with E-state index in [1.807, 2.05) is 24.3 Å². The van der Waals surface area contributed by atoms with E-state index in [1.54, 1.807) is 0 Å². The summed E-state index contributed by atoms with van der Waals surface area (Å²) in [6.07, 6.45) is 0. The summed E-state index contributed by atoms with van der Waals surface area (Å²) in [5.74, 6) is 0.0437. The van der Waals surface area contributed by atoms with E-state index < -0.39 is 0 Å². The lowest BCUT2D eigenvalue weighted by Crippen LogP contribution is -2.51. The zero-order valence-corrected chi connectivity index (χ0v) is 12.0. The molecule has 1 fully saturated rings. The van der Waals surface area contributed by atoms with Crippen molar-refractivity contribution in [2.24, 2.45) is 0 Å². The van der Waals surface area contributed by atoms with Gasteiger partial charge in [-0.15, -0.1) is 0 Å². The van der Waals surface area contributed by atoms with Crippen molar-refractivity contribution in [1.29, 1.82) is 0 Å². The number of anilines is 1. The second kappa shape index (κ2) is 6.31. The molecule has 18 heavy (non-hydrogen) atoms. The molecule has 98 valence electrons. The van der Waals surface area contributed by atoms with E-state index in [1.165, 1.54) is 0 Å². The first kappa shape index (κ1) is 13.5. The summed E-state index contributed by atoms with van der Waals surface area (Å²) < 4.78 is 0.969. The van der Waals surface area contributed by atoms with Gasteiger partial charge in [0.2, 0.25) is 5.91 Å². The number of halogens is 1. The van der Waals surface area contributed by atoms with Gasteiger partial charge in [-0.3, -0.25) is 9.69 Å². The monoisotopic (exact) mass is 311 g/mol.